The van der Waals surface area contributed by atoms with Crippen LogP contribution in [-0.2, 0) is 20.7 Å². The second-order valence-corrected chi connectivity index (χ2v) is 6.04. The largest absolute Gasteiger partial charge is 0.455 e. The third kappa shape index (κ3) is 3.84. The van der Waals surface area contributed by atoms with E-state index < -0.39 is 0 Å². The van der Waals surface area contributed by atoms with Crippen LogP contribution in [0.4, 0.5) is 0 Å². The second kappa shape index (κ2) is 7.33. The van der Waals surface area contributed by atoms with Crippen LogP contribution in [0.1, 0.15) is 42.2 Å². The van der Waals surface area contributed by atoms with Crippen molar-refractivity contribution in [3.05, 3.63) is 70.8 Å². The fourth-order valence-corrected chi connectivity index (χ4v) is 2.69. The first kappa shape index (κ1) is 16.3. The summed E-state index contributed by atoms with van der Waals surface area (Å²) in [6, 6.07) is 15.8. The highest BCUT2D eigenvalue weighted by atomic mass is 16.6. The molecule has 1 unspecified atom stereocenters. The van der Waals surface area contributed by atoms with Crippen LogP contribution < -0.4 is 0 Å². The number of carbonyl (C=O) groups excluding carboxylic acids is 1. The van der Waals surface area contributed by atoms with Gasteiger partial charge in [0.1, 0.15) is 12.7 Å². The molecule has 3 rings (SSSR count). The minimum Gasteiger partial charge on any atom is -0.455 e. The third-order valence-electron chi connectivity index (χ3n) is 3.87. The molecule has 1 aliphatic carbocycles. The summed E-state index contributed by atoms with van der Waals surface area (Å²) in [5.41, 5.74) is 3.90. The first-order chi connectivity index (χ1) is 11.6. The highest BCUT2D eigenvalue weighted by Gasteiger charge is 2.22. The predicted molar refractivity (Wildman–Crippen MR) is 92.5 cm³/mol. The fourth-order valence-electron chi connectivity index (χ4n) is 2.69. The van der Waals surface area contributed by atoms with Crippen molar-refractivity contribution >= 4 is 5.97 Å². The summed E-state index contributed by atoms with van der Waals surface area (Å²) in [6.45, 7) is 3.75. The van der Waals surface area contributed by atoms with Crippen LogP contribution in [0.5, 0.6) is 0 Å². The van der Waals surface area contributed by atoms with Gasteiger partial charge in [0.25, 0.3) is 0 Å². The molecule has 3 nitrogen and oxygen atoms in total. The van der Waals surface area contributed by atoms with Crippen LogP contribution >= 0.6 is 0 Å². The maximum absolute atomic E-state index is 12.2. The average Bonchev–Trinajstić information content (AvgIpc) is 2.57. The van der Waals surface area contributed by atoms with Crippen molar-refractivity contribution in [3.8, 4) is 11.8 Å². The lowest BCUT2D eigenvalue weighted by atomic mass is 9.92. The maximum Gasteiger partial charge on any atom is 0.332 e. The molecule has 0 amide bonds. The predicted octanol–water partition coefficient (Wildman–Crippen LogP) is 3.65. The van der Waals surface area contributed by atoms with E-state index in [-0.39, 0.29) is 24.8 Å². The van der Waals surface area contributed by atoms with Gasteiger partial charge in [-0.1, -0.05) is 48.2 Å². The smallest absolute Gasteiger partial charge is 0.332 e. The monoisotopic (exact) mass is 320 g/mol. The van der Waals surface area contributed by atoms with E-state index in [9.17, 15) is 4.79 Å². The zero-order valence-electron chi connectivity index (χ0n) is 13.9. The van der Waals surface area contributed by atoms with Crippen LogP contribution in [0.25, 0.3) is 0 Å². The molecule has 2 aromatic rings. The summed E-state index contributed by atoms with van der Waals surface area (Å²) in [5.74, 6) is 6.07. The zero-order valence-corrected chi connectivity index (χ0v) is 13.9. The van der Waals surface area contributed by atoms with Crippen molar-refractivity contribution in [1.82, 2.24) is 0 Å². The molecule has 0 spiro atoms. The molecule has 0 aliphatic heterocycles. The Hall–Kier alpha value is -2.57. The molecule has 0 fully saturated rings. The van der Waals surface area contributed by atoms with Crippen molar-refractivity contribution in [3.63, 3.8) is 0 Å². The summed E-state index contributed by atoms with van der Waals surface area (Å²) in [7, 11) is 0. The summed E-state index contributed by atoms with van der Waals surface area (Å²) >= 11 is 0. The molecule has 0 radical (unpaired) electrons. The molecule has 0 bridgehead atoms. The molecule has 0 saturated carbocycles. The molecule has 1 aliphatic rings. The van der Waals surface area contributed by atoms with Gasteiger partial charge < -0.3 is 9.47 Å². The van der Waals surface area contributed by atoms with E-state index in [4.69, 9.17) is 9.47 Å². The molecular formula is C21H20O3. The molecule has 3 heteroatoms. The number of rotatable bonds is 4. The Bertz CT molecular complexity index is 796. The van der Waals surface area contributed by atoms with E-state index in [1.54, 1.807) is 0 Å². The van der Waals surface area contributed by atoms with Crippen molar-refractivity contribution in [2.45, 2.75) is 32.5 Å². The van der Waals surface area contributed by atoms with E-state index in [0.29, 0.717) is 6.42 Å². The van der Waals surface area contributed by atoms with Gasteiger partial charge in [-0.25, -0.2) is 4.79 Å². The molecule has 122 valence electrons. The third-order valence-corrected chi connectivity index (χ3v) is 3.87. The van der Waals surface area contributed by atoms with Crippen molar-refractivity contribution in [1.29, 1.82) is 0 Å². The Labute approximate surface area is 142 Å². The standard InChI is InChI=1S/C21H20O3/c1-15(2)23-14-21(22)24-20-13-18-9-4-3-7-16(18)11-12-17-8-5-6-10-19(17)20/h3-10,15,20H,13-14H2,1-2H3. The zero-order chi connectivity index (χ0) is 16.9. The van der Waals surface area contributed by atoms with Gasteiger partial charge in [0.05, 0.1) is 6.10 Å². The van der Waals surface area contributed by atoms with Gasteiger partial charge in [-0.05, 0) is 31.5 Å². The van der Waals surface area contributed by atoms with E-state index in [1.807, 2.05) is 62.4 Å². The molecule has 0 aromatic heterocycles. The van der Waals surface area contributed by atoms with Crippen LogP contribution in [-0.4, -0.2) is 18.7 Å². The molecule has 0 heterocycles. The van der Waals surface area contributed by atoms with Crippen LogP contribution in [0.15, 0.2) is 48.5 Å². The topological polar surface area (TPSA) is 35.5 Å². The molecule has 0 saturated heterocycles. The lowest BCUT2D eigenvalue weighted by Gasteiger charge is -2.22. The van der Waals surface area contributed by atoms with E-state index >= 15 is 0 Å². The normalized spacial score (nSPS) is 15.4. The summed E-state index contributed by atoms with van der Waals surface area (Å²) in [4.78, 5) is 12.2. The van der Waals surface area contributed by atoms with E-state index in [2.05, 4.69) is 11.8 Å². The first-order valence-electron chi connectivity index (χ1n) is 8.13. The van der Waals surface area contributed by atoms with Gasteiger partial charge in [0.15, 0.2) is 0 Å². The number of ether oxygens (including phenoxy) is 2. The quantitative estimate of drug-likeness (QED) is 0.637. The first-order valence-corrected chi connectivity index (χ1v) is 8.13. The molecular weight excluding hydrogens is 300 g/mol. The molecule has 2 aromatic carbocycles. The van der Waals surface area contributed by atoms with E-state index in [1.165, 1.54) is 0 Å². The second-order valence-electron chi connectivity index (χ2n) is 6.04. The number of esters is 1. The van der Waals surface area contributed by atoms with Gasteiger partial charge in [0.2, 0.25) is 0 Å². The van der Waals surface area contributed by atoms with Crippen LogP contribution in [0, 0.1) is 11.8 Å². The number of benzene rings is 2. The van der Waals surface area contributed by atoms with Crippen molar-refractivity contribution in [2.24, 2.45) is 0 Å². The highest BCUT2D eigenvalue weighted by Crippen LogP contribution is 2.28. The Morgan fingerprint density at radius 3 is 2.54 bits per heavy atom. The Kier molecular flexibility index (Phi) is 4.98. The Morgan fingerprint density at radius 1 is 1.08 bits per heavy atom. The average molecular weight is 320 g/mol. The number of fused-ring (bicyclic) bond motifs is 2. The lowest BCUT2D eigenvalue weighted by Crippen LogP contribution is -2.21. The van der Waals surface area contributed by atoms with Crippen molar-refractivity contribution < 1.29 is 14.3 Å². The van der Waals surface area contributed by atoms with Gasteiger partial charge in [-0.3, -0.25) is 0 Å². The maximum atomic E-state index is 12.2. The van der Waals surface area contributed by atoms with Crippen LogP contribution in [0.2, 0.25) is 0 Å². The number of hydrogen-bond acceptors (Lipinski definition) is 3. The van der Waals surface area contributed by atoms with Crippen molar-refractivity contribution in [2.75, 3.05) is 6.61 Å². The Morgan fingerprint density at radius 2 is 1.75 bits per heavy atom. The lowest BCUT2D eigenvalue weighted by molar-refractivity contribution is -0.156. The van der Waals surface area contributed by atoms with Gasteiger partial charge in [-0.2, -0.15) is 0 Å². The van der Waals surface area contributed by atoms with Gasteiger partial charge in [0, 0.05) is 23.1 Å². The summed E-state index contributed by atoms with van der Waals surface area (Å²) < 4.78 is 11.1. The summed E-state index contributed by atoms with van der Waals surface area (Å²) in [5, 5.41) is 0. The van der Waals surface area contributed by atoms with Gasteiger partial charge >= 0.3 is 5.97 Å². The molecule has 1 atom stereocenters. The summed E-state index contributed by atoms with van der Waals surface area (Å²) in [6.07, 6.45) is 0.240. The minimum atomic E-state index is -0.361. The van der Waals surface area contributed by atoms with Crippen LogP contribution in [0.3, 0.4) is 0 Å². The SMILES string of the molecule is CC(C)OCC(=O)OC1Cc2ccccc2C#Cc2ccccc21. The molecule has 24 heavy (non-hydrogen) atoms. The van der Waals surface area contributed by atoms with E-state index in [0.717, 1.165) is 22.3 Å². The minimum absolute atomic E-state index is 0.00578. The number of hydrogen-bond donors (Lipinski definition) is 0. The molecule has 0 N–H and O–H groups in total. The highest BCUT2D eigenvalue weighted by molar-refractivity contribution is 5.71. The Balaban J connectivity index is 1.91. The van der Waals surface area contributed by atoms with Gasteiger partial charge in [-0.15, -0.1) is 0 Å². The number of carbonyl (C=O) groups is 1. The fraction of sp³-hybridized carbons (Fsp3) is 0.286.